The van der Waals surface area contributed by atoms with Crippen LogP contribution < -0.4 is 31.9 Å². The van der Waals surface area contributed by atoms with Gasteiger partial charge in [0, 0.05) is 13.1 Å². The summed E-state index contributed by atoms with van der Waals surface area (Å²) in [5, 5.41) is 3.41. The largest absolute Gasteiger partial charge is 1.00 e. The van der Waals surface area contributed by atoms with Crippen LogP contribution in [0.2, 0.25) is 0 Å². The first-order valence-electron chi connectivity index (χ1n) is 6.81. The molecule has 4 nitrogen and oxygen atoms in total. The summed E-state index contributed by atoms with van der Waals surface area (Å²) in [4.78, 5) is 0. The minimum Gasteiger partial charge on any atom is -1.00 e. The molecule has 0 aliphatic heterocycles. The smallest absolute Gasteiger partial charge is 0.161 e. The molecule has 0 bridgehead atoms. The molecule has 0 fully saturated rings. The maximum atomic E-state index is 5.30. The number of hydrogen-bond donors (Lipinski definition) is 1. The molecule has 2 aromatic rings. The van der Waals surface area contributed by atoms with E-state index in [1.54, 1.807) is 21.3 Å². The van der Waals surface area contributed by atoms with Gasteiger partial charge in [-0.2, -0.15) is 0 Å². The Labute approximate surface area is 137 Å². The molecule has 5 heteroatoms. The van der Waals surface area contributed by atoms with Crippen LogP contribution in [0.15, 0.2) is 42.5 Å². The van der Waals surface area contributed by atoms with Crippen LogP contribution >= 0.6 is 0 Å². The highest BCUT2D eigenvalue weighted by atomic mass is 35.5. The van der Waals surface area contributed by atoms with Crippen molar-refractivity contribution in [1.82, 2.24) is 5.32 Å². The zero-order valence-electron chi connectivity index (χ0n) is 13.1. The number of nitrogens with one attached hydrogen (secondary N) is 1. The summed E-state index contributed by atoms with van der Waals surface area (Å²) in [7, 11) is 4.95. The van der Waals surface area contributed by atoms with Gasteiger partial charge in [0.25, 0.3) is 0 Å². The van der Waals surface area contributed by atoms with Gasteiger partial charge in [-0.25, -0.2) is 0 Å². The zero-order chi connectivity index (χ0) is 15.1. The lowest BCUT2D eigenvalue weighted by atomic mass is 10.2. The number of hydrogen-bond acceptors (Lipinski definition) is 4. The van der Waals surface area contributed by atoms with Gasteiger partial charge in [0.2, 0.25) is 0 Å². The van der Waals surface area contributed by atoms with Crippen LogP contribution in [-0.4, -0.2) is 21.3 Å². The monoisotopic (exact) mass is 322 g/mol. The summed E-state index contributed by atoms with van der Waals surface area (Å²) in [5.41, 5.74) is 2.37. The average Bonchev–Trinajstić information content (AvgIpc) is 2.55. The highest BCUT2D eigenvalue weighted by molar-refractivity contribution is 5.42. The molecule has 0 unspecified atom stereocenters. The standard InChI is InChI=1S/C17H21NO3.ClH/c1-19-15-7-4-13(5-8-15)11-18-12-14-6-9-16(20-2)17(10-14)21-3;/h4-10,18H,11-12H2,1-3H3;1H/p-1. The van der Waals surface area contributed by atoms with Gasteiger partial charge in [-0.05, 0) is 35.4 Å². The molecule has 0 aliphatic rings. The molecule has 0 radical (unpaired) electrons. The molecule has 0 saturated carbocycles. The molecule has 0 amide bonds. The van der Waals surface area contributed by atoms with E-state index in [1.807, 2.05) is 30.3 Å². The lowest BCUT2D eigenvalue weighted by molar-refractivity contribution is -0.00000518. The molecule has 2 rings (SSSR count). The van der Waals surface area contributed by atoms with Crippen LogP contribution in [0.4, 0.5) is 0 Å². The van der Waals surface area contributed by atoms with Crippen molar-refractivity contribution >= 4 is 0 Å². The highest BCUT2D eigenvalue weighted by Gasteiger charge is 2.04. The Morgan fingerprint density at radius 3 is 1.91 bits per heavy atom. The van der Waals surface area contributed by atoms with Crippen LogP contribution in [0.3, 0.4) is 0 Å². The Morgan fingerprint density at radius 2 is 1.32 bits per heavy atom. The van der Waals surface area contributed by atoms with Crippen LogP contribution in [0, 0.1) is 0 Å². The van der Waals surface area contributed by atoms with Crippen molar-refractivity contribution in [1.29, 1.82) is 0 Å². The maximum absolute atomic E-state index is 5.30. The average molecular weight is 323 g/mol. The molecular weight excluding hydrogens is 302 g/mol. The number of rotatable bonds is 7. The first-order valence-corrected chi connectivity index (χ1v) is 6.81. The van der Waals surface area contributed by atoms with Crippen molar-refractivity contribution in [2.24, 2.45) is 0 Å². The third kappa shape index (κ3) is 4.83. The predicted octanol–water partition coefficient (Wildman–Crippen LogP) is 0.00620. The Kier molecular flexibility index (Phi) is 7.57. The van der Waals surface area contributed by atoms with Gasteiger partial charge in [0.15, 0.2) is 11.5 Å². The number of halogens is 1. The van der Waals surface area contributed by atoms with Gasteiger partial charge in [-0.1, -0.05) is 18.2 Å². The van der Waals surface area contributed by atoms with Crippen molar-refractivity contribution < 1.29 is 26.6 Å². The van der Waals surface area contributed by atoms with E-state index in [0.717, 1.165) is 35.9 Å². The first-order chi connectivity index (χ1) is 10.3. The highest BCUT2D eigenvalue weighted by Crippen LogP contribution is 2.27. The van der Waals surface area contributed by atoms with Crippen molar-refractivity contribution in [2.75, 3.05) is 21.3 Å². The summed E-state index contributed by atoms with van der Waals surface area (Å²) in [5.74, 6) is 2.37. The van der Waals surface area contributed by atoms with Gasteiger partial charge in [-0.15, -0.1) is 0 Å². The Morgan fingerprint density at radius 1 is 0.727 bits per heavy atom. The first kappa shape index (κ1) is 18.1. The van der Waals surface area contributed by atoms with Crippen molar-refractivity contribution in [2.45, 2.75) is 13.1 Å². The predicted molar refractivity (Wildman–Crippen MR) is 83.1 cm³/mol. The molecule has 1 N–H and O–H groups in total. The second-order valence-electron chi connectivity index (χ2n) is 4.64. The fraction of sp³-hybridized carbons (Fsp3) is 0.294. The van der Waals surface area contributed by atoms with Crippen molar-refractivity contribution in [3.8, 4) is 17.2 Å². The van der Waals surface area contributed by atoms with E-state index >= 15 is 0 Å². The molecule has 0 heterocycles. The van der Waals surface area contributed by atoms with Crippen LogP contribution in [0.1, 0.15) is 11.1 Å². The number of ether oxygens (including phenoxy) is 3. The van der Waals surface area contributed by atoms with E-state index in [1.165, 1.54) is 5.56 Å². The second kappa shape index (κ2) is 9.18. The van der Waals surface area contributed by atoms with E-state index in [-0.39, 0.29) is 12.4 Å². The van der Waals surface area contributed by atoms with Crippen LogP contribution in [0.25, 0.3) is 0 Å². The Bertz CT molecular complexity index is 573. The second-order valence-corrected chi connectivity index (χ2v) is 4.64. The van der Waals surface area contributed by atoms with Gasteiger partial charge in [0.1, 0.15) is 5.75 Å². The van der Waals surface area contributed by atoms with Gasteiger partial charge < -0.3 is 31.9 Å². The molecule has 0 atom stereocenters. The van der Waals surface area contributed by atoms with Crippen molar-refractivity contribution in [3.05, 3.63) is 53.6 Å². The van der Waals surface area contributed by atoms with Gasteiger partial charge in [0.05, 0.1) is 21.3 Å². The summed E-state index contributed by atoms with van der Waals surface area (Å²) in [6.45, 7) is 1.57. The molecule has 0 saturated heterocycles. The minimum atomic E-state index is 0. The van der Waals surface area contributed by atoms with Gasteiger partial charge in [-0.3, -0.25) is 0 Å². The molecule has 120 valence electrons. The maximum Gasteiger partial charge on any atom is 0.161 e. The summed E-state index contributed by atoms with van der Waals surface area (Å²) in [6.07, 6.45) is 0. The molecule has 2 aromatic carbocycles. The molecule has 22 heavy (non-hydrogen) atoms. The van der Waals surface area contributed by atoms with Crippen LogP contribution in [0.5, 0.6) is 17.2 Å². The third-order valence-corrected chi connectivity index (χ3v) is 3.27. The molecule has 0 spiro atoms. The lowest BCUT2D eigenvalue weighted by Gasteiger charge is -2.10. The fourth-order valence-electron chi connectivity index (χ4n) is 2.09. The topological polar surface area (TPSA) is 39.7 Å². The lowest BCUT2D eigenvalue weighted by Crippen LogP contribution is -3.00. The zero-order valence-corrected chi connectivity index (χ0v) is 13.8. The molecule has 0 aromatic heterocycles. The van der Waals surface area contributed by atoms with Gasteiger partial charge >= 0.3 is 0 Å². The molecular formula is C17H21ClNO3-. The number of benzene rings is 2. The Balaban J connectivity index is 0.00000242. The van der Waals surface area contributed by atoms with E-state index in [0.29, 0.717) is 0 Å². The van der Waals surface area contributed by atoms with Crippen LogP contribution in [-0.2, 0) is 13.1 Å². The minimum absolute atomic E-state index is 0. The SMILES string of the molecule is COc1ccc(CNCc2ccc(OC)c(OC)c2)cc1.[Cl-]. The van der Waals surface area contributed by atoms with E-state index in [9.17, 15) is 0 Å². The number of methoxy groups -OCH3 is 3. The van der Waals surface area contributed by atoms with E-state index in [4.69, 9.17) is 14.2 Å². The summed E-state index contributed by atoms with van der Waals surface area (Å²) in [6, 6.07) is 14.0. The van der Waals surface area contributed by atoms with Crippen molar-refractivity contribution in [3.63, 3.8) is 0 Å². The quantitative estimate of drug-likeness (QED) is 0.779. The third-order valence-electron chi connectivity index (χ3n) is 3.27. The Hall–Kier alpha value is -1.91. The van der Waals surface area contributed by atoms with E-state index < -0.39 is 0 Å². The summed E-state index contributed by atoms with van der Waals surface area (Å²) >= 11 is 0. The van der Waals surface area contributed by atoms with E-state index in [2.05, 4.69) is 17.4 Å². The normalized spacial score (nSPS) is 9.77. The fourth-order valence-corrected chi connectivity index (χ4v) is 2.09. The summed E-state index contributed by atoms with van der Waals surface area (Å²) < 4.78 is 15.7. The molecule has 0 aliphatic carbocycles.